The molecule has 1 atom stereocenters. The Bertz CT molecular complexity index is 828. The van der Waals surface area contributed by atoms with Gasteiger partial charge in [-0.25, -0.2) is 14.4 Å². The van der Waals surface area contributed by atoms with Crippen molar-refractivity contribution in [1.29, 1.82) is 0 Å². The van der Waals surface area contributed by atoms with Gasteiger partial charge in [0.2, 0.25) is 0 Å². The Balaban J connectivity index is 1.78. The Hall–Kier alpha value is -2.50. The summed E-state index contributed by atoms with van der Waals surface area (Å²) in [6.45, 7) is 1.12. The largest absolute Gasteiger partial charge is 0.353 e. The number of aryl methyl sites for hydroxylation is 1. The van der Waals surface area contributed by atoms with Crippen LogP contribution in [0.15, 0.2) is 36.9 Å². The smallest absolute Gasteiger partial charge is 0.139 e. The zero-order valence-corrected chi connectivity index (χ0v) is 12.3. The molecule has 1 aliphatic rings. The molecule has 4 rings (SSSR count). The van der Waals surface area contributed by atoms with Crippen LogP contribution in [0.1, 0.15) is 6.42 Å². The van der Waals surface area contributed by atoms with E-state index in [9.17, 15) is 4.39 Å². The van der Waals surface area contributed by atoms with Crippen molar-refractivity contribution >= 4 is 16.7 Å². The van der Waals surface area contributed by atoms with E-state index in [-0.39, 0.29) is 0 Å². The summed E-state index contributed by atoms with van der Waals surface area (Å²) in [5.41, 5.74) is 2.98. The molecule has 5 nitrogen and oxygen atoms in total. The van der Waals surface area contributed by atoms with Gasteiger partial charge in [0.05, 0.1) is 18.3 Å². The average molecular weight is 297 g/mol. The van der Waals surface area contributed by atoms with Gasteiger partial charge in [-0.1, -0.05) is 6.07 Å². The Morgan fingerprint density at radius 1 is 1.23 bits per heavy atom. The van der Waals surface area contributed by atoms with Crippen LogP contribution >= 0.6 is 0 Å². The second-order valence-electron chi connectivity index (χ2n) is 5.66. The molecule has 22 heavy (non-hydrogen) atoms. The van der Waals surface area contributed by atoms with Crippen molar-refractivity contribution in [3.05, 3.63) is 36.9 Å². The normalized spacial score (nSPS) is 18.3. The highest BCUT2D eigenvalue weighted by molar-refractivity contribution is 5.92. The Kier molecular flexibility index (Phi) is 3.03. The lowest BCUT2D eigenvalue weighted by Gasteiger charge is -2.18. The molecule has 3 heterocycles. The molecule has 0 spiro atoms. The van der Waals surface area contributed by atoms with Gasteiger partial charge in [-0.05, 0) is 24.1 Å². The van der Waals surface area contributed by atoms with Gasteiger partial charge in [0.1, 0.15) is 18.3 Å². The fraction of sp³-hybridized carbons (Fsp3) is 0.312. The predicted molar refractivity (Wildman–Crippen MR) is 83.5 cm³/mol. The van der Waals surface area contributed by atoms with Crippen molar-refractivity contribution < 1.29 is 4.39 Å². The second kappa shape index (κ2) is 5.05. The number of aromatic nitrogens is 4. The summed E-state index contributed by atoms with van der Waals surface area (Å²) >= 11 is 0. The number of nitrogens with zero attached hydrogens (tertiary/aromatic N) is 5. The summed E-state index contributed by atoms with van der Waals surface area (Å²) in [4.78, 5) is 10.7. The highest BCUT2D eigenvalue weighted by Crippen LogP contribution is 2.29. The number of halogens is 1. The van der Waals surface area contributed by atoms with E-state index in [1.807, 2.05) is 42.5 Å². The first-order valence-corrected chi connectivity index (χ1v) is 7.33. The fourth-order valence-electron chi connectivity index (χ4n) is 2.95. The zero-order valence-electron chi connectivity index (χ0n) is 12.3. The molecule has 0 saturated carbocycles. The maximum absolute atomic E-state index is 13.5. The number of fused-ring (bicyclic) bond motifs is 1. The van der Waals surface area contributed by atoms with Crippen LogP contribution in [0, 0.1) is 0 Å². The predicted octanol–water partition coefficient (Wildman–Crippen LogP) is 2.58. The van der Waals surface area contributed by atoms with E-state index in [2.05, 4.69) is 15.1 Å². The van der Waals surface area contributed by atoms with Gasteiger partial charge in [-0.2, -0.15) is 5.10 Å². The van der Waals surface area contributed by atoms with Crippen LogP contribution in [0.2, 0.25) is 0 Å². The molecule has 3 aromatic rings. The van der Waals surface area contributed by atoms with Crippen LogP contribution in [0.25, 0.3) is 22.0 Å². The van der Waals surface area contributed by atoms with Crippen LogP contribution in [0.5, 0.6) is 0 Å². The van der Waals surface area contributed by atoms with E-state index in [1.165, 1.54) is 0 Å². The summed E-state index contributed by atoms with van der Waals surface area (Å²) in [5.74, 6) is 0.822. The summed E-state index contributed by atoms with van der Waals surface area (Å²) < 4.78 is 15.2. The lowest BCUT2D eigenvalue weighted by atomic mass is 10.1. The Morgan fingerprint density at radius 2 is 2.14 bits per heavy atom. The maximum Gasteiger partial charge on any atom is 0.139 e. The molecular weight excluding hydrogens is 281 g/mol. The molecule has 6 heteroatoms. The molecule has 1 aromatic carbocycles. The summed E-state index contributed by atoms with van der Waals surface area (Å²) in [6, 6.07) is 6.08. The molecule has 0 aliphatic carbocycles. The third kappa shape index (κ3) is 2.20. The van der Waals surface area contributed by atoms with E-state index < -0.39 is 6.17 Å². The molecule has 0 amide bonds. The van der Waals surface area contributed by atoms with Gasteiger partial charge in [0, 0.05) is 30.7 Å². The topological polar surface area (TPSA) is 46.8 Å². The summed E-state index contributed by atoms with van der Waals surface area (Å²) in [6.07, 6.45) is 5.16. The first kappa shape index (κ1) is 13.2. The number of alkyl halides is 1. The number of hydrogen-bond acceptors (Lipinski definition) is 4. The minimum Gasteiger partial charge on any atom is -0.353 e. The van der Waals surface area contributed by atoms with E-state index >= 15 is 0 Å². The SMILES string of the molecule is Cn1cc(-c2ccc3c(N4CCC(F)C4)ncnc3c2)cn1. The van der Waals surface area contributed by atoms with Gasteiger partial charge >= 0.3 is 0 Å². The summed E-state index contributed by atoms with van der Waals surface area (Å²) in [5, 5.41) is 5.16. The van der Waals surface area contributed by atoms with Crippen molar-refractivity contribution in [2.75, 3.05) is 18.0 Å². The maximum atomic E-state index is 13.5. The van der Waals surface area contributed by atoms with Crippen LogP contribution in [-0.2, 0) is 7.05 Å². The molecule has 0 N–H and O–H groups in total. The second-order valence-corrected chi connectivity index (χ2v) is 5.66. The monoisotopic (exact) mass is 297 g/mol. The third-order valence-electron chi connectivity index (χ3n) is 4.08. The number of rotatable bonds is 2. The molecule has 0 bridgehead atoms. The molecular formula is C16H16FN5. The van der Waals surface area contributed by atoms with Crippen molar-refractivity contribution in [3.8, 4) is 11.1 Å². The Labute approximate surface area is 127 Å². The molecule has 1 unspecified atom stereocenters. The van der Waals surface area contributed by atoms with E-state index in [0.29, 0.717) is 19.5 Å². The quantitative estimate of drug-likeness (QED) is 0.729. The minimum atomic E-state index is -0.764. The molecule has 1 fully saturated rings. The lowest BCUT2D eigenvalue weighted by Crippen LogP contribution is -2.21. The zero-order chi connectivity index (χ0) is 15.1. The van der Waals surface area contributed by atoms with Crippen molar-refractivity contribution in [1.82, 2.24) is 19.7 Å². The van der Waals surface area contributed by atoms with Crippen LogP contribution in [0.4, 0.5) is 10.2 Å². The van der Waals surface area contributed by atoms with Gasteiger partial charge in [0.15, 0.2) is 0 Å². The summed E-state index contributed by atoms with van der Waals surface area (Å²) in [7, 11) is 1.89. The van der Waals surface area contributed by atoms with Gasteiger partial charge in [-0.3, -0.25) is 4.68 Å². The first-order chi connectivity index (χ1) is 10.7. The molecule has 0 radical (unpaired) electrons. The third-order valence-corrected chi connectivity index (χ3v) is 4.08. The van der Waals surface area contributed by atoms with Gasteiger partial charge in [-0.15, -0.1) is 0 Å². The molecule has 1 saturated heterocycles. The van der Waals surface area contributed by atoms with Crippen LogP contribution in [-0.4, -0.2) is 39.0 Å². The highest BCUT2D eigenvalue weighted by atomic mass is 19.1. The number of hydrogen-bond donors (Lipinski definition) is 0. The van der Waals surface area contributed by atoms with Crippen molar-refractivity contribution in [2.45, 2.75) is 12.6 Å². The molecule has 2 aromatic heterocycles. The van der Waals surface area contributed by atoms with Crippen molar-refractivity contribution in [2.24, 2.45) is 7.05 Å². The minimum absolute atomic E-state index is 0.413. The fourth-order valence-corrected chi connectivity index (χ4v) is 2.95. The van der Waals surface area contributed by atoms with E-state index in [1.54, 1.807) is 11.0 Å². The standard InChI is InChI=1S/C16H16FN5/c1-21-8-12(7-20-21)11-2-3-14-15(6-11)18-10-19-16(14)22-5-4-13(17)9-22/h2-3,6-8,10,13H,4-5,9H2,1H3. The van der Waals surface area contributed by atoms with Crippen LogP contribution < -0.4 is 4.90 Å². The Morgan fingerprint density at radius 3 is 2.86 bits per heavy atom. The highest BCUT2D eigenvalue weighted by Gasteiger charge is 2.24. The molecule has 1 aliphatic heterocycles. The number of benzene rings is 1. The average Bonchev–Trinajstić information content (AvgIpc) is 3.15. The van der Waals surface area contributed by atoms with Crippen molar-refractivity contribution in [3.63, 3.8) is 0 Å². The first-order valence-electron chi connectivity index (χ1n) is 7.33. The van der Waals surface area contributed by atoms with Gasteiger partial charge < -0.3 is 4.90 Å². The lowest BCUT2D eigenvalue weighted by molar-refractivity contribution is 0.364. The van der Waals surface area contributed by atoms with Crippen LogP contribution in [0.3, 0.4) is 0 Å². The van der Waals surface area contributed by atoms with E-state index in [4.69, 9.17) is 0 Å². The van der Waals surface area contributed by atoms with E-state index in [0.717, 1.165) is 27.8 Å². The van der Waals surface area contributed by atoms with Gasteiger partial charge in [0.25, 0.3) is 0 Å². The number of anilines is 1. The molecule has 112 valence electrons.